The van der Waals surface area contributed by atoms with Gasteiger partial charge in [0.05, 0.1) is 0 Å². The second-order valence-electron chi connectivity index (χ2n) is 6.64. The second kappa shape index (κ2) is 3.45. The largest absolute Gasteiger partial charge is 0.303 e. The highest BCUT2D eigenvalue weighted by molar-refractivity contribution is 5.62. The lowest BCUT2D eigenvalue weighted by Crippen LogP contribution is -2.33. The van der Waals surface area contributed by atoms with Gasteiger partial charge in [0.25, 0.3) is 0 Å². The summed E-state index contributed by atoms with van der Waals surface area (Å²) in [5, 5.41) is 0. The van der Waals surface area contributed by atoms with Crippen molar-refractivity contribution in [1.29, 1.82) is 0 Å². The van der Waals surface area contributed by atoms with Crippen molar-refractivity contribution in [3.63, 3.8) is 0 Å². The maximum atomic E-state index is 11.2. The van der Waals surface area contributed by atoms with E-state index in [0.717, 1.165) is 6.42 Å². The maximum absolute atomic E-state index is 11.2. The van der Waals surface area contributed by atoms with E-state index in [4.69, 9.17) is 0 Å². The van der Waals surface area contributed by atoms with Crippen molar-refractivity contribution in [1.82, 2.24) is 0 Å². The molecular formula is C15H24O. The number of rotatable bonds is 1. The Morgan fingerprint density at radius 2 is 1.88 bits per heavy atom. The summed E-state index contributed by atoms with van der Waals surface area (Å²) in [5.74, 6) is 0.757. The zero-order chi connectivity index (χ0) is 12.1. The minimum absolute atomic E-state index is 0.208. The Kier molecular flexibility index (Phi) is 2.56. The van der Waals surface area contributed by atoms with Crippen LogP contribution in [0.3, 0.4) is 0 Å². The van der Waals surface area contributed by atoms with E-state index >= 15 is 0 Å². The Balaban J connectivity index is 2.54. The number of carbonyl (C=O) groups excluding carboxylic acids is 1. The highest BCUT2D eigenvalue weighted by Gasteiger charge is 2.53. The lowest BCUT2D eigenvalue weighted by Gasteiger charge is -2.40. The Morgan fingerprint density at radius 3 is 2.44 bits per heavy atom. The van der Waals surface area contributed by atoms with Crippen molar-refractivity contribution in [2.75, 3.05) is 0 Å². The van der Waals surface area contributed by atoms with Crippen molar-refractivity contribution in [3.05, 3.63) is 11.1 Å². The first-order valence-corrected chi connectivity index (χ1v) is 6.52. The number of aldehydes is 1. The van der Waals surface area contributed by atoms with Gasteiger partial charge >= 0.3 is 0 Å². The Labute approximate surface area is 99.3 Å². The third-order valence-corrected chi connectivity index (χ3v) is 5.77. The Bertz CT molecular complexity index is 346. The summed E-state index contributed by atoms with van der Waals surface area (Å²) in [6, 6.07) is 0. The smallest absolute Gasteiger partial charge is 0.127 e. The summed E-state index contributed by atoms with van der Waals surface area (Å²) in [4.78, 5) is 11.2. The molecular weight excluding hydrogens is 196 g/mol. The molecule has 2 rings (SSSR count). The molecule has 1 heteroatoms. The molecule has 2 aliphatic rings. The number of hydrogen-bond donors (Lipinski definition) is 0. The number of allylic oxidation sites excluding steroid dienone is 2. The van der Waals surface area contributed by atoms with Gasteiger partial charge in [-0.15, -0.1) is 0 Å². The molecule has 0 N–H and O–H groups in total. The topological polar surface area (TPSA) is 17.1 Å². The van der Waals surface area contributed by atoms with E-state index in [9.17, 15) is 4.79 Å². The van der Waals surface area contributed by atoms with Gasteiger partial charge in [-0.1, -0.05) is 45.8 Å². The van der Waals surface area contributed by atoms with E-state index in [1.807, 2.05) is 0 Å². The Hall–Kier alpha value is -0.590. The SMILES string of the molecule is CC1C2=C(CCCC2C=O)C(C)(C)C1(C)C. The molecule has 0 heterocycles. The van der Waals surface area contributed by atoms with Crippen LogP contribution in [-0.4, -0.2) is 6.29 Å². The van der Waals surface area contributed by atoms with Gasteiger partial charge in [0.15, 0.2) is 0 Å². The molecule has 0 fully saturated rings. The predicted octanol–water partition coefficient (Wildman–Crippen LogP) is 3.98. The molecule has 0 aliphatic heterocycles. The highest BCUT2D eigenvalue weighted by atomic mass is 16.1. The molecule has 0 amide bonds. The molecule has 2 atom stereocenters. The molecule has 0 radical (unpaired) electrons. The van der Waals surface area contributed by atoms with Gasteiger partial charge < -0.3 is 4.79 Å². The molecule has 2 aliphatic carbocycles. The molecule has 0 spiro atoms. The van der Waals surface area contributed by atoms with E-state index in [1.54, 1.807) is 5.57 Å². The summed E-state index contributed by atoms with van der Waals surface area (Å²) in [7, 11) is 0. The molecule has 90 valence electrons. The van der Waals surface area contributed by atoms with E-state index in [-0.39, 0.29) is 16.7 Å². The number of hydrogen-bond acceptors (Lipinski definition) is 1. The Morgan fingerprint density at radius 1 is 1.25 bits per heavy atom. The zero-order valence-corrected chi connectivity index (χ0v) is 11.3. The highest BCUT2D eigenvalue weighted by Crippen LogP contribution is 2.62. The van der Waals surface area contributed by atoms with Crippen LogP contribution in [0.2, 0.25) is 0 Å². The van der Waals surface area contributed by atoms with Gasteiger partial charge in [0.1, 0.15) is 6.29 Å². The van der Waals surface area contributed by atoms with Crippen LogP contribution in [0.25, 0.3) is 0 Å². The lowest BCUT2D eigenvalue weighted by atomic mass is 9.64. The average Bonchev–Trinajstić information content (AvgIpc) is 2.38. The van der Waals surface area contributed by atoms with Crippen molar-refractivity contribution in [2.24, 2.45) is 22.7 Å². The first-order chi connectivity index (χ1) is 7.34. The van der Waals surface area contributed by atoms with Crippen LogP contribution in [0.15, 0.2) is 11.1 Å². The summed E-state index contributed by atoms with van der Waals surface area (Å²) < 4.78 is 0. The fourth-order valence-corrected chi connectivity index (χ4v) is 3.74. The van der Waals surface area contributed by atoms with Crippen LogP contribution in [0.5, 0.6) is 0 Å². The third-order valence-electron chi connectivity index (χ3n) is 5.77. The van der Waals surface area contributed by atoms with Crippen LogP contribution < -0.4 is 0 Å². The second-order valence-corrected chi connectivity index (χ2v) is 6.64. The van der Waals surface area contributed by atoms with Gasteiger partial charge in [-0.05, 0) is 36.0 Å². The minimum atomic E-state index is 0.208. The fourth-order valence-electron chi connectivity index (χ4n) is 3.74. The maximum Gasteiger partial charge on any atom is 0.127 e. The van der Waals surface area contributed by atoms with E-state index in [0.29, 0.717) is 5.92 Å². The van der Waals surface area contributed by atoms with Crippen molar-refractivity contribution < 1.29 is 4.79 Å². The summed E-state index contributed by atoms with van der Waals surface area (Å²) in [5.41, 5.74) is 3.61. The van der Waals surface area contributed by atoms with Gasteiger partial charge in [-0.25, -0.2) is 0 Å². The molecule has 2 unspecified atom stereocenters. The van der Waals surface area contributed by atoms with Gasteiger partial charge in [-0.2, -0.15) is 0 Å². The van der Waals surface area contributed by atoms with Gasteiger partial charge in [0.2, 0.25) is 0 Å². The minimum Gasteiger partial charge on any atom is -0.303 e. The first-order valence-electron chi connectivity index (χ1n) is 6.52. The van der Waals surface area contributed by atoms with Crippen LogP contribution in [0.4, 0.5) is 0 Å². The number of carbonyl (C=O) groups is 1. The van der Waals surface area contributed by atoms with E-state index in [2.05, 4.69) is 34.6 Å². The molecule has 0 aromatic heterocycles. The van der Waals surface area contributed by atoms with Crippen molar-refractivity contribution >= 4 is 6.29 Å². The van der Waals surface area contributed by atoms with E-state index in [1.165, 1.54) is 24.7 Å². The van der Waals surface area contributed by atoms with Crippen molar-refractivity contribution in [3.8, 4) is 0 Å². The predicted molar refractivity (Wildman–Crippen MR) is 67.2 cm³/mol. The molecule has 0 bridgehead atoms. The molecule has 1 nitrogen and oxygen atoms in total. The van der Waals surface area contributed by atoms with Crippen molar-refractivity contribution in [2.45, 2.75) is 53.9 Å². The monoisotopic (exact) mass is 220 g/mol. The summed E-state index contributed by atoms with van der Waals surface area (Å²) in [6.45, 7) is 11.7. The van der Waals surface area contributed by atoms with Gasteiger partial charge in [0, 0.05) is 5.92 Å². The average molecular weight is 220 g/mol. The standard InChI is InChI=1S/C15H24O/c1-10-13-11(9-16)7-6-8-12(13)15(4,5)14(10,2)3/h9-11H,6-8H2,1-5H3. The lowest BCUT2D eigenvalue weighted by molar-refractivity contribution is -0.110. The molecule has 0 aromatic carbocycles. The van der Waals surface area contributed by atoms with Crippen LogP contribution >= 0.6 is 0 Å². The third kappa shape index (κ3) is 1.26. The summed E-state index contributed by atoms with van der Waals surface area (Å²) >= 11 is 0. The molecule has 0 aromatic rings. The zero-order valence-electron chi connectivity index (χ0n) is 11.3. The molecule has 0 saturated carbocycles. The van der Waals surface area contributed by atoms with Gasteiger partial charge in [-0.3, -0.25) is 0 Å². The normalized spacial score (nSPS) is 36.1. The molecule has 0 saturated heterocycles. The van der Waals surface area contributed by atoms with E-state index < -0.39 is 0 Å². The van der Waals surface area contributed by atoms with Crippen LogP contribution in [-0.2, 0) is 4.79 Å². The van der Waals surface area contributed by atoms with Crippen LogP contribution in [0, 0.1) is 22.7 Å². The fraction of sp³-hybridized carbons (Fsp3) is 0.800. The van der Waals surface area contributed by atoms with Crippen LogP contribution in [0.1, 0.15) is 53.9 Å². The summed E-state index contributed by atoms with van der Waals surface area (Å²) in [6.07, 6.45) is 4.65. The quantitative estimate of drug-likeness (QED) is 0.482. The molecule has 16 heavy (non-hydrogen) atoms. The first kappa shape index (κ1) is 11.9.